The van der Waals surface area contributed by atoms with Gasteiger partial charge in [-0.25, -0.2) is 4.79 Å². The molecule has 0 heterocycles. The molecule has 1 aromatic rings. The molecular formula is C27H36O9. The average molecular weight is 505 g/mol. The van der Waals surface area contributed by atoms with Crippen LogP contribution in [0, 0.1) is 16.2 Å². The Balaban J connectivity index is 1.16. The van der Waals surface area contributed by atoms with Gasteiger partial charge in [-0.15, -0.1) is 0 Å². The van der Waals surface area contributed by atoms with E-state index in [1.54, 1.807) is 0 Å². The molecule has 0 atom stereocenters. The Morgan fingerprint density at radius 1 is 0.722 bits per heavy atom. The van der Waals surface area contributed by atoms with E-state index in [1.165, 1.54) is 0 Å². The molecule has 3 saturated carbocycles. The van der Waals surface area contributed by atoms with E-state index < -0.39 is 28.2 Å². The minimum absolute atomic E-state index is 0.0359. The van der Waals surface area contributed by atoms with E-state index in [0.717, 1.165) is 24.8 Å². The minimum Gasteiger partial charge on any atom is -0.463 e. The van der Waals surface area contributed by atoms with Gasteiger partial charge in [-0.1, -0.05) is 49.6 Å². The molecule has 0 saturated heterocycles. The molecule has 1 N–H and O–H groups in total. The molecule has 0 spiro atoms. The second-order valence-electron chi connectivity index (χ2n) is 10.4. The highest BCUT2D eigenvalue weighted by molar-refractivity contribution is 5.79. The molecule has 9 heteroatoms. The highest BCUT2D eigenvalue weighted by Gasteiger charge is 2.49. The maximum absolute atomic E-state index is 12.8. The standard InChI is InChI=1S/C27H36O9/c28-18-25(9-4-10-25)22(29)33-16-15-32-19-26(11-5-12-26)24(31)36-35-20-27(13-6-14-27)23(30)34-17-21-7-2-1-3-8-21/h1-3,7-8,28H,4-6,9-20H2. The fourth-order valence-electron chi connectivity index (χ4n) is 4.83. The number of esters is 2. The molecule has 4 rings (SSSR count). The van der Waals surface area contributed by atoms with E-state index in [-0.39, 0.29) is 45.6 Å². The van der Waals surface area contributed by atoms with Crippen LogP contribution in [-0.4, -0.2) is 56.0 Å². The molecule has 36 heavy (non-hydrogen) atoms. The van der Waals surface area contributed by atoms with Crippen LogP contribution >= 0.6 is 0 Å². The van der Waals surface area contributed by atoms with Gasteiger partial charge in [0.05, 0.1) is 36.1 Å². The molecule has 0 aromatic heterocycles. The van der Waals surface area contributed by atoms with Crippen LogP contribution in [0.4, 0.5) is 0 Å². The van der Waals surface area contributed by atoms with Crippen molar-refractivity contribution in [1.82, 2.24) is 0 Å². The van der Waals surface area contributed by atoms with Crippen molar-refractivity contribution in [2.24, 2.45) is 16.2 Å². The topological polar surface area (TPSA) is 118 Å². The lowest BCUT2D eigenvalue weighted by Crippen LogP contribution is -2.46. The number of aliphatic hydroxyl groups is 1. The molecule has 0 aliphatic heterocycles. The average Bonchev–Trinajstić information content (AvgIpc) is 2.80. The molecule has 1 aromatic carbocycles. The smallest absolute Gasteiger partial charge is 0.350 e. The van der Waals surface area contributed by atoms with Crippen molar-refractivity contribution in [2.45, 2.75) is 64.4 Å². The third-order valence-electron chi connectivity index (χ3n) is 8.06. The van der Waals surface area contributed by atoms with Gasteiger partial charge in [0.15, 0.2) is 0 Å². The summed E-state index contributed by atoms with van der Waals surface area (Å²) in [5, 5.41) is 9.44. The summed E-state index contributed by atoms with van der Waals surface area (Å²) in [7, 11) is 0. The molecule has 0 radical (unpaired) electrons. The first kappa shape index (κ1) is 26.6. The van der Waals surface area contributed by atoms with Crippen molar-refractivity contribution >= 4 is 17.9 Å². The first-order valence-electron chi connectivity index (χ1n) is 12.8. The second-order valence-corrected chi connectivity index (χ2v) is 10.4. The summed E-state index contributed by atoms with van der Waals surface area (Å²) in [5.74, 6) is -1.24. The SMILES string of the molecule is O=C(OCCOCC1(C(=O)OOCC2(C(=O)OCc3ccccc3)CCC2)CCC1)C1(CO)CCC1. The first-order valence-corrected chi connectivity index (χ1v) is 12.8. The van der Waals surface area contributed by atoms with Gasteiger partial charge in [0.2, 0.25) is 0 Å². The predicted octanol–water partition coefficient (Wildman–Crippen LogP) is 3.27. The predicted molar refractivity (Wildman–Crippen MR) is 126 cm³/mol. The number of benzene rings is 1. The third kappa shape index (κ3) is 5.74. The van der Waals surface area contributed by atoms with Crippen LogP contribution in [0.2, 0.25) is 0 Å². The number of hydrogen-bond donors (Lipinski definition) is 1. The van der Waals surface area contributed by atoms with Crippen molar-refractivity contribution in [1.29, 1.82) is 0 Å². The number of carbonyl (C=O) groups is 3. The number of aliphatic hydroxyl groups excluding tert-OH is 1. The van der Waals surface area contributed by atoms with Crippen molar-refractivity contribution < 1.29 is 43.5 Å². The van der Waals surface area contributed by atoms with E-state index in [1.807, 2.05) is 30.3 Å². The molecule has 9 nitrogen and oxygen atoms in total. The van der Waals surface area contributed by atoms with Gasteiger partial charge >= 0.3 is 17.9 Å². The van der Waals surface area contributed by atoms with Crippen molar-refractivity contribution in [3.05, 3.63) is 35.9 Å². The summed E-state index contributed by atoms with van der Waals surface area (Å²) in [5.41, 5.74) is -1.41. The van der Waals surface area contributed by atoms with Crippen LogP contribution in [0.25, 0.3) is 0 Å². The fraction of sp³-hybridized carbons (Fsp3) is 0.667. The zero-order chi connectivity index (χ0) is 25.5. The summed E-state index contributed by atoms with van der Waals surface area (Å²) in [4.78, 5) is 48.0. The van der Waals surface area contributed by atoms with Crippen LogP contribution in [-0.2, 0) is 45.0 Å². The molecule has 3 aliphatic carbocycles. The number of rotatable bonds is 14. The van der Waals surface area contributed by atoms with Gasteiger partial charge in [-0.3, -0.25) is 14.5 Å². The van der Waals surface area contributed by atoms with E-state index >= 15 is 0 Å². The fourth-order valence-corrected chi connectivity index (χ4v) is 4.83. The van der Waals surface area contributed by atoms with Gasteiger partial charge < -0.3 is 19.3 Å². The van der Waals surface area contributed by atoms with Crippen molar-refractivity contribution in [3.8, 4) is 0 Å². The lowest BCUT2D eigenvalue weighted by Gasteiger charge is -2.40. The van der Waals surface area contributed by atoms with Crippen LogP contribution in [0.3, 0.4) is 0 Å². The largest absolute Gasteiger partial charge is 0.463 e. The second kappa shape index (κ2) is 11.7. The van der Waals surface area contributed by atoms with Crippen LogP contribution in [0.5, 0.6) is 0 Å². The van der Waals surface area contributed by atoms with Gasteiger partial charge in [0.25, 0.3) is 0 Å². The molecule has 3 aliphatic rings. The van der Waals surface area contributed by atoms with Crippen LogP contribution in [0.15, 0.2) is 30.3 Å². The highest BCUT2D eigenvalue weighted by Crippen LogP contribution is 2.45. The van der Waals surface area contributed by atoms with Gasteiger partial charge in [0, 0.05) is 0 Å². The highest BCUT2D eigenvalue weighted by atomic mass is 17.2. The van der Waals surface area contributed by atoms with Crippen LogP contribution in [0.1, 0.15) is 63.4 Å². The first-order chi connectivity index (χ1) is 17.4. The third-order valence-corrected chi connectivity index (χ3v) is 8.06. The van der Waals surface area contributed by atoms with Gasteiger partial charge in [-0.05, 0) is 44.1 Å². The lowest BCUT2D eigenvalue weighted by atomic mass is 9.69. The van der Waals surface area contributed by atoms with E-state index in [0.29, 0.717) is 38.5 Å². The Labute approximate surface area is 211 Å². The van der Waals surface area contributed by atoms with Crippen molar-refractivity contribution in [2.75, 3.05) is 33.0 Å². The number of carbonyl (C=O) groups excluding carboxylic acids is 3. The summed E-state index contributed by atoms with van der Waals surface area (Å²) >= 11 is 0. The Morgan fingerprint density at radius 2 is 1.31 bits per heavy atom. The summed E-state index contributed by atoms with van der Waals surface area (Å²) < 4.78 is 16.4. The Hall–Kier alpha value is -2.49. The Kier molecular flexibility index (Phi) is 8.64. The lowest BCUT2D eigenvalue weighted by molar-refractivity contribution is -0.302. The van der Waals surface area contributed by atoms with Gasteiger partial charge in [-0.2, -0.15) is 4.89 Å². The summed E-state index contributed by atoms with van der Waals surface area (Å²) in [6.45, 7) is 0.314. The molecule has 0 bridgehead atoms. The normalized spacial score (nSPS) is 20.7. The Bertz CT molecular complexity index is 896. The Morgan fingerprint density at radius 3 is 1.86 bits per heavy atom. The minimum atomic E-state index is -0.787. The summed E-state index contributed by atoms with van der Waals surface area (Å²) in [6.07, 6.45) is 6.45. The molecule has 3 fully saturated rings. The maximum Gasteiger partial charge on any atom is 0.350 e. The zero-order valence-corrected chi connectivity index (χ0v) is 20.7. The monoisotopic (exact) mass is 504 g/mol. The number of ether oxygens (including phenoxy) is 3. The van der Waals surface area contributed by atoms with Crippen molar-refractivity contribution in [3.63, 3.8) is 0 Å². The molecule has 198 valence electrons. The maximum atomic E-state index is 12.8. The van der Waals surface area contributed by atoms with Gasteiger partial charge in [0.1, 0.15) is 19.8 Å². The molecular weight excluding hydrogens is 468 g/mol. The van der Waals surface area contributed by atoms with E-state index in [9.17, 15) is 19.5 Å². The van der Waals surface area contributed by atoms with E-state index in [4.69, 9.17) is 24.0 Å². The quantitative estimate of drug-likeness (QED) is 0.176. The molecule has 0 amide bonds. The zero-order valence-electron chi connectivity index (χ0n) is 20.7. The van der Waals surface area contributed by atoms with Crippen LogP contribution < -0.4 is 0 Å². The van der Waals surface area contributed by atoms with E-state index in [2.05, 4.69) is 0 Å². The summed E-state index contributed by atoms with van der Waals surface area (Å²) in [6, 6.07) is 9.46. The molecule has 0 unspecified atom stereocenters. The number of hydrogen-bond acceptors (Lipinski definition) is 9.